The van der Waals surface area contributed by atoms with Crippen molar-refractivity contribution < 1.29 is 13.6 Å². The molecule has 108 valence electrons. The smallest absolute Gasteiger partial charge is 0.255 e. The van der Waals surface area contributed by atoms with Crippen LogP contribution in [0.25, 0.3) is 0 Å². The van der Waals surface area contributed by atoms with Crippen LogP contribution in [-0.2, 0) is 13.1 Å². The van der Waals surface area contributed by atoms with E-state index in [-0.39, 0.29) is 10.2 Å². The average Bonchev–Trinajstić information content (AvgIpc) is 2.92. The van der Waals surface area contributed by atoms with Crippen molar-refractivity contribution in [3.63, 3.8) is 0 Å². The van der Waals surface area contributed by atoms with Gasteiger partial charge in [0.15, 0.2) is 0 Å². The second-order valence-electron chi connectivity index (χ2n) is 4.79. The summed E-state index contributed by atoms with van der Waals surface area (Å²) in [4.78, 5) is 12.1. The van der Waals surface area contributed by atoms with Crippen LogP contribution in [0.5, 0.6) is 0 Å². The molecular weight excluding hydrogens is 342 g/mol. The molecule has 2 N–H and O–H groups in total. The molecule has 0 radical (unpaired) electrons. The molecule has 0 aromatic heterocycles. The molecule has 1 aliphatic rings. The summed E-state index contributed by atoms with van der Waals surface area (Å²) in [7, 11) is 0. The highest BCUT2D eigenvalue weighted by atomic mass is 79.9. The maximum atomic E-state index is 13.7. The monoisotopic (exact) mass is 352 g/mol. The molecule has 0 fully saturated rings. The van der Waals surface area contributed by atoms with Crippen LogP contribution < -0.4 is 10.6 Å². The average molecular weight is 353 g/mol. The minimum atomic E-state index is -0.695. The molecule has 21 heavy (non-hydrogen) atoms. The van der Waals surface area contributed by atoms with Gasteiger partial charge in [-0.1, -0.05) is 6.07 Å². The van der Waals surface area contributed by atoms with Gasteiger partial charge >= 0.3 is 0 Å². The molecule has 3 rings (SSSR count). The van der Waals surface area contributed by atoms with Crippen LogP contribution in [0.2, 0.25) is 0 Å². The van der Waals surface area contributed by atoms with Gasteiger partial charge in [0.25, 0.3) is 5.91 Å². The predicted octanol–water partition coefficient (Wildman–Crippen LogP) is 3.58. The van der Waals surface area contributed by atoms with E-state index in [2.05, 4.69) is 26.6 Å². The van der Waals surface area contributed by atoms with Crippen molar-refractivity contribution in [3.8, 4) is 0 Å². The summed E-state index contributed by atoms with van der Waals surface area (Å²) in [6.07, 6.45) is 0. The molecule has 0 aliphatic carbocycles. The number of amides is 1. The van der Waals surface area contributed by atoms with Gasteiger partial charge in [-0.15, -0.1) is 0 Å². The van der Waals surface area contributed by atoms with Gasteiger partial charge in [-0.2, -0.15) is 0 Å². The number of carbonyl (C=O) groups is 1. The quantitative estimate of drug-likeness (QED) is 0.811. The molecular formula is C15H11BrF2N2O. The summed E-state index contributed by atoms with van der Waals surface area (Å²) in [6, 6.07) is 7.23. The number of nitrogens with one attached hydrogen (secondary N) is 2. The van der Waals surface area contributed by atoms with E-state index in [4.69, 9.17) is 0 Å². The third-order valence-electron chi connectivity index (χ3n) is 3.36. The molecule has 0 saturated carbocycles. The molecule has 0 unspecified atom stereocenters. The SMILES string of the molecule is O=C(Nc1cc(F)c(Br)cc1F)c1ccc2c(c1)CNC2. The number of benzene rings is 2. The van der Waals surface area contributed by atoms with Gasteiger partial charge in [0.2, 0.25) is 0 Å². The number of hydrogen-bond acceptors (Lipinski definition) is 2. The first-order valence-electron chi connectivity index (χ1n) is 6.33. The Morgan fingerprint density at radius 2 is 1.86 bits per heavy atom. The fourth-order valence-corrected chi connectivity index (χ4v) is 2.56. The number of rotatable bonds is 2. The Kier molecular flexibility index (Phi) is 3.73. The summed E-state index contributed by atoms with van der Waals surface area (Å²) in [5, 5.41) is 5.57. The van der Waals surface area contributed by atoms with Crippen molar-refractivity contribution in [1.29, 1.82) is 0 Å². The largest absolute Gasteiger partial charge is 0.319 e. The zero-order valence-corrected chi connectivity index (χ0v) is 12.4. The van der Waals surface area contributed by atoms with Crippen LogP contribution in [0.15, 0.2) is 34.8 Å². The lowest BCUT2D eigenvalue weighted by molar-refractivity contribution is 0.102. The van der Waals surface area contributed by atoms with Crippen molar-refractivity contribution in [2.45, 2.75) is 13.1 Å². The lowest BCUT2D eigenvalue weighted by Crippen LogP contribution is -2.13. The van der Waals surface area contributed by atoms with Crippen molar-refractivity contribution in [2.75, 3.05) is 5.32 Å². The van der Waals surface area contributed by atoms with E-state index >= 15 is 0 Å². The normalized spacial score (nSPS) is 13.1. The molecule has 3 nitrogen and oxygen atoms in total. The number of hydrogen-bond donors (Lipinski definition) is 2. The topological polar surface area (TPSA) is 41.1 Å². The second-order valence-corrected chi connectivity index (χ2v) is 5.64. The molecule has 0 atom stereocenters. The van der Waals surface area contributed by atoms with E-state index in [1.54, 1.807) is 12.1 Å². The summed E-state index contributed by atoms with van der Waals surface area (Å²) >= 11 is 2.89. The number of halogens is 3. The Bertz CT molecular complexity index is 734. The van der Waals surface area contributed by atoms with Crippen molar-refractivity contribution >= 4 is 27.5 Å². The lowest BCUT2D eigenvalue weighted by atomic mass is 10.1. The Balaban J connectivity index is 1.85. The first-order chi connectivity index (χ1) is 10.0. The van der Waals surface area contributed by atoms with E-state index in [0.29, 0.717) is 12.1 Å². The summed E-state index contributed by atoms with van der Waals surface area (Å²) < 4.78 is 27.1. The van der Waals surface area contributed by atoms with Crippen molar-refractivity contribution in [2.24, 2.45) is 0 Å². The van der Waals surface area contributed by atoms with Gasteiger partial charge < -0.3 is 10.6 Å². The number of carbonyl (C=O) groups excluding carboxylic acids is 1. The molecule has 0 saturated heterocycles. The van der Waals surface area contributed by atoms with Crippen LogP contribution in [0.4, 0.5) is 14.5 Å². The Labute approximate surface area is 128 Å². The van der Waals surface area contributed by atoms with Gasteiger partial charge in [0.1, 0.15) is 11.6 Å². The summed E-state index contributed by atoms with van der Waals surface area (Å²) in [6.45, 7) is 1.49. The van der Waals surface area contributed by atoms with Crippen LogP contribution in [0.3, 0.4) is 0 Å². The van der Waals surface area contributed by atoms with Crippen LogP contribution in [0, 0.1) is 11.6 Å². The summed E-state index contributed by atoms with van der Waals surface area (Å²) in [5.41, 5.74) is 2.43. The maximum Gasteiger partial charge on any atom is 0.255 e. The number of fused-ring (bicyclic) bond motifs is 1. The zero-order valence-electron chi connectivity index (χ0n) is 10.8. The first kappa shape index (κ1) is 14.2. The van der Waals surface area contributed by atoms with Gasteiger partial charge in [-0.05, 0) is 45.3 Å². The van der Waals surface area contributed by atoms with Gasteiger partial charge in [-0.3, -0.25) is 4.79 Å². The maximum absolute atomic E-state index is 13.7. The van der Waals surface area contributed by atoms with E-state index in [9.17, 15) is 13.6 Å². The Hall–Kier alpha value is -1.79. The minimum absolute atomic E-state index is 0.0154. The zero-order chi connectivity index (χ0) is 15.0. The highest BCUT2D eigenvalue weighted by Crippen LogP contribution is 2.24. The molecule has 1 aliphatic heterocycles. The van der Waals surface area contributed by atoms with Crippen LogP contribution in [-0.4, -0.2) is 5.91 Å². The fourth-order valence-electron chi connectivity index (χ4n) is 2.25. The fraction of sp³-hybridized carbons (Fsp3) is 0.133. The third kappa shape index (κ3) is 2.82. The van der Waals surface area contributed by atoms with E-state index in [1.165, 1.54) is 0 Å². The van der Waals surface area contributed by atoms with Crippen molar-refractivity contribution in [1.82, 2.24) is 5.32 Å². The highest BCUT2D eigenvalue weighted by Gasteiger charge is 2.15. The Morgan fingerprint density at radius 3 is 2.67 bits per heavy atom. The minimum Gasteiger partial charge on any atom is -0.319 e. The van der Waals surface area contributed by atoms with E-state index in [0.717, 1.165) is 29.8 Å². The first-order valence-corrected chi connectivity index (χ1v) is 7.12. The van der Waals surface area contributed by atoms with Gasteiger partial charge in [0, 0.05) is 24.7 Å². The van der Waals surface area contributed by atoms with Crippen molar-refractivity contribution in [3.05, 3.63) is 63.1 Å². The van der Waals surface area contributed by atoms with Crippen LogP contribution in [0.1, 0.15) is 21.5 Å². The standard InChI is InChI=1S/C15H11BrF2N2O/c16-11-4-13(18)14(5-12(11)17)20-15(21)8-1-2-9-6-19-7-10(9)3-8/h1-5,19H,6-7H2,(H,20,21). The highest BCUT2D eigenvalue weighted by molar-refractivity contribution is 9.10. The molecule has 2 aromatic rings. The third-order valence-corrected chi connectivity index (χ3v) is 3.97. The second kappa shape index (κ2) is 5.54. The molecule has 0 spiro atoms. The predicted molar refractivity (Wildman–Crippen MR) is 79.0 cm³/mol. The molecule has 1 heterocycles. The molecule has 1 amide bonds. The molecule has 2 aromatic carbocycles. The van der Waals surface area contributed by atoms with E-state index in [1.807, 2.05) is 6.07 Å². The van der Waals surface area contributed by atoms with Gasteiger partial charge in [-0.25, -0.2) is 8.78 Å². The van der Waals surface area contributed by atoms with E-state index < -0.39 is 17.5 Å². The molecule has 6 heteroatoms. The Morgan fingerprint density at radius 1 is 1.10 bits per heavy atom. The molecule has 0 bridgehead atoms. The summed E-state index contributed by atoms with van der Waals surface area (Å²) in [5.74, 6) is -1.80. The van der Waals surface area contributed by atoms with Crippen LogP contribution >= 0.6 is 15.9 Å². The van der Waals surface area contributed by atoms with Gasteiger partial charge in [0.05, 0.1) is 10.2 Å². The lowest BCUT2D eigenvalue weighted by Gasteiger charge is -2.08. The number of anilines is 1.